The number of aromatic nitrogens is 1. The SMILES string of the molecule is CC(=O)CCCCc1c(C)n(C)c2ccccc12. The maximum Gasteiger partial charge on any atom is 0.129 e. The summed E-state index contributed by atoms with van der Waals surface area (Å²) in [5, 5.41) is 1.36. The van der Waals surface area contributed by atoms with Crippen LogP contribution in [-0.2, 0) is 18.3 Å². The summed E-state index contributed by atoms with van der Waals surface area (Å²) in [5.74, 6) is 0.296. The second-order valence-electron chi connectivity index (χ2n) is 5.05. The topological polar surface area (TPSA) is 22.0 Å². The molecular weight excluding hydrogens is 222 g/mol. The van der Waals surface area contributed by atoms with Crippen LogP contribution in [0.2, 0.25) is 0 Å². The Morgan fingerprint density at radius 3 is 2.67 bits per heavy atom. The Morgan fingerprint density at radius 2 is 1.94 bits per heavy atom. The number of unbranched alkanes of at least 4 members (excludes halogenated alkanes) is 1. The number of hydrogen-bond acceptors (Lipinski definition) is 1. The molecule has 1 aromatic heterocycles. The second-order valence-corrected chi connectivity index (χ2v) is 5.05. The van der Waals surface area contributed by atoms with Gasteiger partial charge in [0.25, 0.3) is 0 Å². The fourth-order valence-electron chi connectivity index (χ4n) is 2.59. The third kappa shape index (κ3) is 2.47. The second kappa shape index (κ2) is 5.38. The number of fused-ring (bicyclic) bond motifs is 1. The highest BCUT2D eigenvalue weighted by atomic mass is 16.1. The summed E-state index contributed by atoms with van der Waals surface area (Å²) in [6, 6.07) is 8.55. The molecule has 0 atom stereocenters. The molecule has 2 rings (SSSR count). The predicted molar refractivity (Wildman–Crippen MR) is 75.9 cm³/mol. The third-order valence-electron chi connectivity index (χ3n) is 3.74. The van der Waals surface area contributed by atoms with E-state index in [4.69, 9.17) is 0 Å². The van der Waals surface area contributed by atoms with Crippen LogP contribution in [0.15, 0.2) is 24.3 Å². The lowest BCUT2D eigenvalue weighted by Crippen LogP contribution is -1.94. The number of nitrogens with zero attached hydrogens (tertiary/aromatic N) is 1. The van der Waals surface area contributed by atoms with Gasteiger partial charge in [0, 0.05) is 30.1 Å². The normalized spacial score (nSPS) is 11.1. The van der Waals surface area contributed by atoms with Crippen LogP contribution < -0.4 is 0 Å². The lowest BCUT2D eigenvalue weighted by molar-refractivity contribution is -0.117. The smallest absolute Gasteiger partial charge is 0.129 e. The molecular formula is C16H21NO. The number of hydrogen-bond donors (Lipinski definition) is 0. The lowest BCUT2D eigenvalue weighted by Gasteiger charge is -2.02. The van der Waals surface area contributed by atoms with E-state index < -0.39 is 0 Å². The van der Waals surface area contributed by atoms with Gasteiger partial charge in [-0.1, -0.05) is 18.2 Å². The number of carbonyl (C=O) groups is 1. The van der Waals surface area contributed by atoms with Gasteiger partial charge in [0.2, 0.25) is 0 Å². The molecule has 0 N–H and O–H groups in total. The van der Waals surface area contributed by atoms with Crippen molar-refractivity contribution in [3.05, 3.63) is 35.5 Å². The summed E-state index contributed by atoms with van der Waals surface area (Å²) >= 11 is 0. The van der Waals surface area contributed by atoms with Crippen molar-refractivity contribution in [3.63, 3.8) is 0 Å². The fraction of sp³-hybridized carbons (Fsp3) is 0.438. The Bertz CT molecular complexity index is 566. The fourth-order valence-corrected chi connectivity index (χ4v) is 2.59. The number of rotatable bonds is 5. The van der Waals surface area contributed by atoms with Crippen molar-refractivity contribution in [2.45, 2.75) is 39.5 Å². The molecule has 2 nitrogen and oxygen atoms in total. The molecule has 0 bridgehead atoms. The average molecular weight is 243 g/mol. The van der Waals surface area contributed by atoms with Gasteiger partial charge < -0.3 is 9.36 Å². The van der Waals surface area contributed by atoms with Gasteiger partial charge in [-0.15, -0.1) is 0 Å². The summed E-state index contributed by atoms with van der Waals surface area (Å²) in [6.45, 7) is 3.85. The van der Waals surface area contributed by atoms with Gasteiger partial charge in [-0.05, 0) is 44.7 Å². The number of ketones is 1. The van der Waals surface area contributed by atoms with Gasteiger partial charge in [-0.2, -0.15) is 0 Å². The summed E-state index contributed by atoms with van der Waals surface area (Å²) in [6.07, 6.45) is 3.87. The average Bonchev–Trinajstić information content (AvgIpc) is 2.59. The van der Waals surface area contributed by atoms with Crippen molar-refractivity contribution in [1.29, 1.82) is 0 Å². The molecule has 0 amide bonds. The quantitative estimate of drug-likeness (QED) is 0.732. The van der Waals surface area contributed by atoms with E-state index in [0.29, 0.717) is 12.2 Å². The van der Waals surface area contributed by atoms with E-state index in [0.717, 1.165) is 19.3 Å². The molecule has 0 fully saturated rings. The summed E-state index contributed by atoms with van der Waals surface area (Å²) in [7, 11) is 2.12. The van der Waals surface area contributed by atoms with Crippen LogP contribution in [0.1, 0.15) is 37.4 Å². The Labute approximate surface area is 109 Å². The zero-order valence-corrected chi connectivity index (χ0v) is 11.5. The number of Topliss-reactive ketones (excluding diaryl/α,β-unsaturated/α-hetero) is 1. The first kappa shape index (κ1) is 12.9. The first-order valence-corrected chi connectivity index (χ1v) is 6.63. The Hall–Kier alpha value is -1.57. The standard InChI is InChI=1S/C16H21NO/c1-12(18)8-4-5-9-14-13(2)17(3)16-11-7-6-10-15(14)16/h6-7,10-11H,4-5,8-9H2,1-3H3. The summed E-state index contributed by atoms with van der Waals surface area (Å²) in [4.78, 5) is 10.9. The predicted octanol–water partition coefficient (Wildman–Crippen LogP) is 3.79. The molecule has 0 unspecified atom stereocenters. The van der Waals surface area contributed by atoms with E-state index in [9.17, 15) is 4.79 Å². The van der Waals surface area contributed by atoms with Crippen molar-refractivity contribution < 1.29 is 4.79 Å². The van der Waals surface area contributed by atoms with Crippen LogP contribution in [0.25, 0.3) is 10.9 Å². The van der Waals surface area contributed by atoms with Crippen molar-refractivity contribution >= 4 is 16.7 Å². The van der Waals surface area contributed by atoms with Crippen molar-refractivity contribution in [3.8, 4) is 0 Å². The number of aryl methyl sites for hydroxylation is 2. The van der Waals surface area contributed by atoms with Crippen LogP contribution in [0, 0.1) is 6.92 Å². The molecule has 96 valence electrons. The van der Waals surface area contributed by atoms with Crippen LogP contribution in [0.3, 0.4) is 0 Å². The Balaban J connectivity index is 2.17. The first-order valence-electron chi connectivity index (χ1n) is 6.63. The van der Waals surface area contributed by atoms with Crippen LogP contribution in [0.5, 0.6) is 0 Å². The lowest BCUT2D eigenvalue weighted by atomic mass is 10.0. The number of benzene rings is 1. The minimum absolute atomic E-state index is 0.296. The molecule has 18 heavy (non-hydrogen) atoms. The minimum Gasteiger partial charge on any atom is -0.348 e. The molecule has 0 aliphatic rings. The molecule has 0 spiro atoms. The highest BCUT2D eigenvalue weighted by Crippen LogP contribution is 2.26. The van der Waals surface area contributed by atoms with Crippen LogP contribution >= 0.6 is 0 Å². The van der Waals surface area contributed by atoms with E-state index in [1.165, 1.54) is 22.2 Å². The zero-order chi connectivity index (χ0) is 13.1. The van der Waals surface area contributed by atoms with E-state index in [1.807, 2.05) is 0 Å². The number of para-hydroxylation sites is 1. The van der Waals surface area contributed by atoms with Crippen molar-refractivity contribution in [2.24, 2.45) is 7.05 Å². The van der Waals surface area contributed by atoms with Crippen LogP contribution in [-0.4, -0.2) is 10.4 Å². The van der Waals surface area contributed by atoms with Crippen LogP contribution in [0.4, 0.5) is 0 Å². The molecule has 2 aromatic rings. The highest BCUT2D eigenvalue weighted by Gasteiger charge is 2.10. The monoisotopic (exact) mass is 243 g/mol. The molecule has 0 saturated carbocycles. The van der Waals surface area contributed by atoms with E-state index in [1.54, 1.807) is 6.92 Å². The van der Waals surface area contributed by atoms with E-state index in [2.05, 4.69) is 42.8 Å². The highest BCUT2D eigenvalue weighted by molar-refractivity contribution is 5.85. The molecule has 0 aliphatic heterocycles. The van der Waals surface area contributed by atoms with E-state index >= 15 is 0 Å². The molecule has 0 saturated heterocycles. The molecule has 1 aromatic carbocycles. The molecule has 1 heterocycles. The summed E-state index contributed by atoms with van der Waals surface area (Å²) in [5.41, 5.74) is 4.09. The largest absolute Gasteiger partial charge is 0.348 e. The van der Waals surface area contributed by atoms with Crippen molar-refractivity contribution in [2.75, 3.05) is 0 Å². The van der Waals surface area contributed by atoms with E-state index in [-0.39, 0.29) is 0 Å². The molecule has 2 heteroatoms. The van der Waals surface area contributed by atoms with Gasteiger partial charge in [-0.25, -0.2) is 0 Å². The maximum atomic E-state index is 10.9. The van der Waals surface area contributed by atoms with Gasteiger partial charge >= 0.3 is 0 Å². The van der Waals surface area contributed by atoms with Crippen molar-refractivity contribution in [1.82, 2.24) is 4.57 Å². The van der Waals surface area contributed by atoms with Gasteiger partial charge in [0.1, 0.15) is 5.78 Å². The zero-order valence-electron chi connectivity index (χ0n) is 11.5. The van der Waals surface area contributed by atoms with Gasteiger partial charge in [-0.3, -0.25) is 0 Å². The number of carbonyl (C=O) groups excluding carboxylic acids is 1. The summed E-state index contributed by atoms with van der Waals surface area (Å²) < 4.78 is 2.26. The Kier molecular flexibility index (Phi) is 3.85. The molecule has 0 radical (unpaired) electrons. The molecule has 0 aliphatic carbocycles. The van der Waals surface area contributed by atoms with Gasteiger partial charge in [0.05, 0.1) is 0 Å². The third-order valence-corrected chi connectivity index (χ3v) is 3.74. The van der Waals surface area contributed by atoms with Gasteiger partial charge in [0.15, 0.2) is 0 Å². The first-order chi connectivity index (χ1) is 8.61. The maximum absolute atomic E-state index is 10.9. The minimum atomic E-state index is 0.296. The Morgan fingerprint density at radius 1 is 1.22 bits per heavy atom.